The van der Waals surface area contributed by atoms with Gasteiger partial charge in [-0.3, -0.25) is 24.9 Å². The van der Waals surface area contributed by atoms with Gasteiger partial charge in [0, 0.05) is 19.4 Å². The second-order valence-corrected chi connectivity index (χ2v) is 8.07. The van der Waals surface area contributed by atoms with Gasteiger partial charge < -0.3 is 20.5 Å². The van der Waals surface area contributed by atoms with E-state index in [9.17, 15) is 14.4 Å². The summed E-state index contributed by atoms with van der Waals surface area (Å²) in [6.07, 6.45) is 0.362. The average molecular weight is 505 g/mol. The van der Waals surface area contributed by atoms with E-state index in [4.69, 9.17) is 20.4 Å². The van der Waals surface area contributed by atoms with Crippen molar-refractivity contribution in [2.45, 2.75) is 44.2 Å². The summed E-state index contributed by atoms with van der Waals surface area (Å²) in [4.78, 5) is 43.9. The Hall–Kier alpha value is -3.51. The summed E-state index contributed by atoms with van der Waals surface area (Å²) in [7, 11) is 0. The molecule has 196 valence electrons. The Morgan fingerprint density at radius 3 is 2.14 bits per heavy atom. The molecule has 0 fully saturated rings. The molecule has 2 aromatic carbocycles. The van der Waals surface area contributed by atoms with Crippen molar-refractivity contribution in [2.24, 2.45) is 0 Å². The summed E-state index contributed by atoms with van der Waals surface area (Å²) in [5.41, 5.74) is 1.88. The van der Waals surface area contributed by atoms with E-state index in [1.54, 1.807) is 24.3 Å². The number of nitrogens with one attached hydrogen (secondary N) is 2. The number of aliphatic carboxylic acids is 1. The molecule has 1 unspecified atom stereocenters. The minimum atomic E-state index is -1.10. The van der Waals surface area contributed by atoms with Crippen LogP contribution < -0.4 is 15.4 Å². The van der Waals surface area contributed by atoms with Crippen molar-refractivity contribution in [1.29, 1.82) is 0 Å². The highest BCUT2D eigenvalue weighted by Crippen LogP contribution is 2.16. The fourth-order valence-electron chi connectivity index (χ4n) is 3.38. The van der Waals surface area contributed by atoms with Crippen molar-refractivity contribution in [3.8, 4) is 5.75 Å². The van der Waals surface area contributed by atoms with Crippen molar-refractivity contribution >= 4 is 17.8 Å². The van der Waals surface area contributed by atoms with Gasteiger partial charge in [-0.1, -0.05) is 42.5 Å². The summed E-state index contributed by atoms with van der Waals surface area (Å²) < 4.78 is 5.55. The van der Waals surface area contributed by atoms with Crippen LogP contribution in [0, 0.1) is 0 Å². The van der Waals surface area contributed by atoms with E-state index in [2.05, 4.69) is 20.4 Å². The molecule has 36 heavy (non-hydrogen) atoms. The molecule has 0 aliphatic heterocycles. The number of carboxylic acid groups (broad SMARTS) is 1. The van der Waals surface area contributed by atoms with E-state index < -0.39 is 24.0 Å². The van der Waals surface area contributed by atoms with E-state index in [0.29, 0.717) is 12.3 Å². The molecule has 11 nitrogen and oxygen atoms in total. The number of rotatable bonds is 17. The zero-order valence-corrected chi connectivity index (χ0v) is 19.8. The van der Waals surface area contributed by atoms with E-state index >= 15 is 0 Å². The summed E-state index contributed by atoms with van der Waals surface area (Å²) in [6, 6.07) is 15.6. The standard InChI is InChI=1S/C25H32N2O9/c28-23(12-13-24(29)30)27-22(25(31)26-14-4-7-18-5-2-1-3-6-18)15-19-8-10-20(11-9-19)36-21(16-34-32)17-35-33/h1-3,5-6,8-11,21-22,32-33H,4,7,12-17H2,(H,26,31)(H,27,28)(H,29,30). The summed E-state index contributed by atoms with van der Waals surface area (Å²) in [6.45, 7) is -0.0301. The Morgan fingerprint density at radius 1 is 0.861 bits per heavy atom. The molecule has 0 saturated carbocycles. The van der Waals surface area contributed by atoms with Gasteiger partial charge in [0.25, 0.3) is 0 Å². The van der Waals surface area contributed by atoms with Crippen LogP contribution >= 0.6 is 0 Å². The number of hydrogen-bond acceptors (Lipinski definition) is 8. The van der Waals surface area contributed by atoms with E-state index in [1.807, 2.05) is 30.3 Å². The van der Waals surface area contributed by atoms with Crippen LogP contribution in [0.15, 0.2) is 54.6 Å². The highest BCUT2D eigenvalue weighted by molar-refractivity contribution is 5.88. The summed E-state index contributed by atoms with van der Waals surface area (Å²) >= 11 is 0. The second-order valence-electron chi connectivity index (χ2n) is 8.07. The average Bonchev–Trinajstić information content (AvgIpc) is 2.87. The van der Waals surface area contributed by atoms with Gasteiger partial charge in [0.15, 0.2) is 6.10 Å². The van der Waals surface area contributed by atoms with Crippen molar-refractivity contribution in [3.63, 3.8) is 0 Å². The van der Waals surface area contributed by atoms with Crippen molar-refractivity contribution < 1.29 is 44.5 Å². The van der Waals surface area contributed by atoms with E-state index in [0.717, 1.165) is 24.0 Å². The number of carboxylic acids is 1. The zero-order valence-electron chi connectivity index (χ0n) is 19.8. The molecule has 0 aliphatic carbocycles. The largest absolute Gasteiger partial charge is 0.485 e. The maximum Gasteiger partial charge on any atom is 0.303 e. The molecule has 2 aromatic rings. The Morgan fingerprint density at radius 2 is 1.53 bits per heavy atom. The third-order valence-electron chi connectivity index (χ3n) is 5.19. The number of ether oxygens (including phenoxy) is 1. The third kappa shape index (κ3) is 11.3. The fraction of sp³-hybridized carbons (Fsp3) is 0.400. The summed E-state index contributed by atoms with van der Waals surface area (Å²) in [5, 5.41) is 31.5. The lowest BCUT2D eigenvalue weighted by Crippen LogP contribution is -2.48. The molecule has 0 bridgehead atoms. The monoisotopic (exact) mass is 504 g/mol. The predicted molar refractivity (Wildman–Crippen MR) is 128 cm³/mol. The first-order valence-electron chi connectivity index (χ1n) is 11.5. The number of amides is 2. The molecule has 11 heteroatoms. The van der Waals surface area contributed by atoms with Crippen LogP contribution in [0.5, 0.6) is 5.75 Å². The maximum atomic E-state index is 12.8. The number of hydrogen-bond donors (Lipinski definition) is 5. The lowest BCUT2D eigenvalue weighted by molar-refractivity contribution is -0.286. The lowest BCUT2D eigenvalue weighted by atomic mass is 10.0. The summed E-state index contributed by atoms with van der Waals surface area (Å²) in [5.74, 6) is -1.59. The highest BCUT2D eigenvalue weighted by Gasteiger charge is 2.21. The normalized spacial score (nSPS) is 11.6. The van der Waals surface area contributed by atoms with Gasteiger partial charge in [-0.05, 0) is 36.1 Å². The fourth-order valence-corrected chi connectivity index (χ4v) is 3.38. The zero-order chi connectivity index (χ0) is 26.2. The minimum absolute atomic E-state index is 0.173. The van der Waals surface area contributed by atoms with Gasteiger partial charge in [0.2, 0.25) is 11.8 Å². The molecule has 0 aromatic heterocycles. The van der Waals surface area contributed by atoms with Gasteiger partial charge in [0.05, 0.1) is 6.42 Å². The van der Waals surface area contributed by atoms with Crippen LogP contribution in [0.25, 0.3) is 0 Å². The Bertz CT molecular complexity index is 932. The number of carbonyl (C=O) groups excluding carboxylic acids is 2. The first kappa shape index (κ1) is 28.7. The molecule has 2 rings (SSSR count). The van der Waals surface area contributed by atoms with E-state index in [-0.39, 0.29) is 38.4 Å². The molecular formula is C25H32N2O9. The number of benzene rings is 2. The molecule has 2 amide bonds. The smallest absolute Gasteiger partial charge is 0.303 e. The third-order valence-corrected chi connectivity index (χ3v) is 5.19. The Balaban J connectivity index is 1.97. The number of aryl methyl sites for hydroxylation is 1. The van der Waals surface area contributed by atoms with Crippen molar-refractivity contribution in [3.05, 3.63) is 65.7 Å². The molecule has 1 atom stereocenters. The van der Waals surface area contributed by atoms with Crippen LogP contribution in [0.3, 0.4) is 0 Å². The van der Waals surface area contributed by atoms with Crippen LogP contribution in [0.4, 0.5) is 0 Å². The predicted octanol–water partition coefficient (Wildman–Crippen LogP) is 2.05. The Kier molecular flexibility index (Phi) is 12.9. The molecule has 0 radical (unpaired) electrons. The highest BCUT2D eigenvalue weighted by atomic mass is 17.1. The molecule has 0 heterocycles. The van der Waals surface area contributed by atoms with Gasteiger partial charge in [0.1, 0.15) is 25.0 Å². The molecule has 0 spiro atoms. The van der Waals surface area contributed by atoms with Gasteiger partial charge in [-0.15, -0.1) is 0 Å². The minimum Gasteiger partial charge on any atom is -0.485 e. The quantitative estimate of drug-likeness (QED) is 0.123. The van der Waals surface area contributed by atoms with Crippen molar-refractivity contribution in [1.82, 2.24) is 10.6 Å². The first-order valence-corrected chi connectivity index (χ1v) is 11.5. The number of carbonyl (C=O) groups is 3. The van der Waals surface area contributed by atoms with Crippen LogP contribution in [0.1, 0.15) is 30.4 Å². The van der Waals surface area contributed by atoms with Gasteiger partial charge >= 0.3 is 5.97 Å². The topological polar surface area (TPSA) is 164 Å². The Labute approximate surface area is 208 Å². The molecule has 0 saturated heterocycles. The molecule has 5 N–H and O–H groups in total. The second kappa shape index (κ2) is 16.2. The molecule has 0 aliphatic rings. The van der Waals surface area contributed by atoms with Gasteiger partial charge in [-0.25, -0.2) is 9.78 Å². The van der Waals surface area contributed by atoms with Crippen LogP contribution in [-0.2, 0) is 37.0 Å². The van der Waals surface area contributed by atoms with Crippen LogP contribution in [-0.4, -0.2) is 65.3 Å². The van der Waals surface area contributed by atoms with Crippen LogP contribution in [0.2, 0.25) is 0 Å². The lowest BCUT2D eigenvalue weighted by Gasteiger charge is -2.19. The van der Waals surface area contributed by atoms with E-state index in [1.165, 1.54) is 0 Å². The SMILES string of the molecule is O=C(O)CCC(=O)NC(Cc1ccc(OC(COO)COO)cc1)C(=O)NCCCc1ccccc1. The molecular weight excluding hydrogens is 472 g/mol. The van der Waals surface area contributed by atoms with Gasteiger partial charge in [-0.2, -0.15) is 0 Å². The maximum absolute atomic E-state index is 12.8. The first-order chi connectivity index (χ1) is 17.4. The van der Waals surface area contributed by atoms with Crippen molar-refractivity contribution in [2.75, 3.05) is 19.8 Å².